The smallest absolute Gasteiger partial charge is 0.277 e. The Morgan fingerprint density at radius 1 is 1.27 bits per heavy atom. The van der Waals surface area contributed by atoms with E-state index in [0.29, 0.717) is 17.7 Å². The topological polar surface area (TPSA) is 70.9 Å². The number of nitrogens with one attached hydrogen (secondary N) is 1. The molecule has 2 N–H and O–H groups in total. The highest BCUT2D eigenvalue weighted by Crippen LogP contribution is 2.24. The molecule has 0 aliphatic carbocycles. The molecule has 0 aromatic heterocycles. The summed E-state index contributed by atoms with van der Waals surface area (Å²) in [6.45, 7) is 9.44. The zero-order chi connectivity index (χ0) is 19.1. The number of aromatic hydroxyl groups is 1. The predicted octanol–water partition coefficient (Wildman–Crippen LogP) is 3.58. The van der Waals surface area contributed by atoms with Gasteiger partial charge in [0.15, 0.2) is 6.61 Å². The molecule has 0 bridgehead atoms. The van der Waals surface area contributed by atoms with Crippen molar-refractivity contribution in [2.45, 2.75) is 27.2 Å². The average Bonchev–Trinajstić information content (AvgIpc) is 2.57. The van der Waals surface area contributed by atoms with E-state index in [1.54, 1.807) is 12.1 Å². The van der Waals surface area contributed by atoms with E-state index in [1.807, 2.05) is 45.0 Å². The van der Waals surface area contributed by atoms with Gasteiger partial charge in [0.25, 0.3) is 5.91 Å². The molecule has 0 saturated heterocycles. The maximum atomic E-state index is 11.9. The molecule has 0 fully saturated rings. The molecule has 0 spiro atoms. The molecule has 1 amide bonds. The Morgan fingerprint density at radius 3 is 2.62 bits per heavy atom. The molecule has 0 aliphatic heterocycles. The van der Waals surface area contributed by atoms with Gasteiger partial charge in [0, 0.05) is 5.56 Å². The first-order valence-electron chi connectivity index (χ1n) is 8.36. The highest BCUT2D eigenvalue weighted by Gasteiger charge is 2.08. The lowest BCUT2D eigenvalue weighted by Gasteiger charge is -2.12. The number of rotatable bonds is 7. The largest absolute Gasteiger partial charge is 0.507 e. The minimum absolute atomic E-state index is 0.132. The first-order valence-corrected chi connectivity index (χ1v) is 8.36. The van der Waals surface area contributed by atoms with Crippen molar-refractivity contribution in [1.82, 2.24) is 5.43 Å². The molecule has 0 unspecified atom stereocenters. The number of aryl methyl sites for hydroxylation is 3. The number of carbonyl (C=O) groups is 1. The number of hydrogen-bond acceptors (Lipinski definition) is 4. The summed E-state index contributed by atoms with van der Waals surface area (Å²) < 4.78 is 5.62. The van der Waals surface area contributed by atoms with E-state index in [9.17, 15) is 9.90 Å². The van der Waals surface area contributed by atoms with Crippen molar-refractivity contribution in [2.24, 2.45) is 5.10 Å². The van der Waals surface area contributed by atoms with Crippen LogP contribution in [0.1, 0.15) is 27.8 Å². The number of benzene rings is 2. The number of allylic oxidation sites excluding steroid dienone is 1. The molecule has 0 saturated carbocycles. The summed E-state index contributed by atoms with van der Waals surface area (Å²) in [7, 11) is 0. The number of hydrazone groups is 1. The van der Waals surface area contributed by atoms with Crippen molar-refractivity contribution in [2.75, 3.05) is 6.61 Å². The Labute approximate surface area is 154 Å². The molecule has 0 atom stereocenters. The number of carbonyl (C=O) groups excluding carboxylic acids is 1. The first kappa shape index (κ1) is 19.2. The van der Waals surface area contributed by atoms with Crippen molar-refractivity contribution >= 4 is 12.1 Å². The van der Waals surface area contributed by atoms with Crippen LogP contribution in [-0.2, 0) is 11.2 Å². The monoisotopic (exact) mass is 352 g/mol. The fraction of sp³-hybridized carbons (Fsp3) is 0.238. The van der Waals surface area contributed by atoms with E-state index in [4.69, 9.17) is 4.74 Å². The van der Waals surface area contributed by atoms with Crippen molar-refractivity contribution in [1.29, 1.82) is 0 Å². The first-order chi connectivity index (χ1) is 12.4. The van der Waals surface area contributed by atoms with E-state index in [1.165, 1.54) is 6.21 Å². The van der Waals surface area contributed by atoms with E-state index < -0.39 is 0 Å². The summed E-state index contributed by atoms with van der Waals surface area (Å²) in [6, 6.07) is 9.36. The number of para-hydroxylation sites is 1. The zero-order valence-electron chi connectivity index (χ0n) is 15.4. The highest BCUT2D eigenvalue weighted by molar-refractivity contribution is 5.86. The highest BCUT2D eigenvalue weighted by atomic mass is 16.5. The number of phenols is 1. The predicted molar refractivity (Wildman–Crippen MR) is 104 cm³/mol. The van der Waals surface area contributed by atoms with Gasteiger partial charge in [-0.3, -0.25) is 4.79 Å². The normalized spacial score (nSPS) is 10.7. The van der Waals surface area contributed by atoms with Crippen LogP contribution in [0.5, 0.6) is 11.5 Å². The summed E-state index contributed by atoms with van der Waals surface area (Å²) in [5.41, 5.74) is 6.81. The van der Waals surface area contributed by atoms with Crippen LogP contribution in [0.4, 0.5) is 0 Å². The summed E-state index contributed by atoms with van der Waals surface area (Å²) in [6.07, 6.45) is 3.68. The molecule has 0 heterocycles. The van der Waals surface area contributed by atoms with Gasteiger partial charge in [0.05, 0.1) is 6.21 Å². The maximum Gasteiger partial charge on any atom is 0.277 e. The molecule has 0 radical (unpaired) electrons. The molecular formula is C21H24N2O3. The van der Waals surface area contributed by atoms with E-state index in [2.05, 4.69) is 17.1 Å². The van der Waals surface area contributed by atoms with Crippen molar-refractivity contribution in [3.63, 3.8) is 0 Å². The fourth-order valence-corrected chi connectivity index (χ4v) is 2.77. The second kappa shape index (κ2) is 8.85. The van der Waals surface area contributed by atoms with Gasteiger partial charge in [-0.15, -0.1) is 6.58 Å². The van der Waals surface area contributed by atoms with Gasteiger partial charge in [-0.1, -0.05) is 35.9 Å². The lowest BCUT2D eigenvalue weighted by molar-refractivity contribution is -0.123. The van der Waals surface area contributed by atoms with Crippen LogP contribution >= 0.6 is 0 Å². The molecule has 26 heavy (non-hydrogen) atoms. The van der Waals surface area contributed by atoms with Crippen LogP contribution in [-0.4, -0.2) is 23.8 Å². The number of amides is 1. The number of nitrogens with zero attached hydrogens (tertiary/aromatic N) is 1. The van der Waals surface area contributed by atoms with Gasteiger partial charge in [-0.25, -0.2) is 5.43 Å². The molecule has 136 valence electrons. The lowest BCUT2D eigenvalue weighted by atomic mass is 10.1. The van der Waals surface area contributed by atoms with Crippen molar-refractivity contribution < 1.29 is 14.6 Å². The van der Waals surface area contributed by atoms with Crippen molar-refractivity contribution in [3.8, 4) is 11.5 Å². The lowest BCUT2D eigenvalue weighted by Crippen LogP contribution is -2.25. The van der Waals surface area contributed by atoms with Gasteiger partial charge in [0.1, 0.15) is 11.5 Å². The third-order valence-electron chi connectivity index (χ3n) is 3.86. The zero-order valence-corrected chi connectivity index (χ0v) is 15.4. The second-order valence-electron chi connectivity index (χ2n) is 6.16. The Balaban J connectivity index is 1.94. The molecule has 5 heteroatoms. The number of phenolic OH excluding ortho intramolecular Hbond substituents is 1. The van der Waals surface area contributed by atoms with Crippen LogP contribution < -0.4 is 10.2 Å². The van der Waals surface area contributed by atoms with E-state index in [-0.39, 0.29) is 18.3 Å². The van der Waals surface area contributed by atoms with Crippen LogP contribution in [0.3, 0.4) is 0 Å². The van der Waals surface area contributed by atoms with Gasteiger partial charge >= 0.3 is 0 Å². The number of hydrogen-bond donors (Lipinski definition) is 2. The van der Waals surface area contributed by atoms with Crippen molar-refractivity contribution in [3.05, 3.63) is 70.8 Å². The Kier molecular flexibility index (Phi) is 6.55. The van der Waals surface area contributed by atoms with E-state index >= 15 is 0 Å². The SMILES string of the molecule is C=CCc1cccc(C=NNC(=O)COc2c(C)cc(C)cc2C)c1O. The van der Waals surface area contributed by atoms with E-state index in [0.717, 1.165) is 22.3 Å². The van der Waals surface area contributed by atoms with Crippen LogP contribution in [0.25, 0.3) is 0 Å². The van der Waals surface area contributed by atoms with Crippen LogP contribution in [0.15, 0.2) is 48.1 Å². The Morgan fingerprint density at radius 2 is 1.96 bits per heavy atom. The molecular weight excluding hydrogens is 328 g/mol. The fourth-order valence-electron chi connectivity index (χ4n) is 2.77. The minimum Gasteiger partial charge on any atom is -0.507 e. The molecule has 2 rings (SSSR count). The summed E-state index contributed by atoms with van der Waals surface area (Å²) in [5.74, 6) is 0.472. The standard InChI is InChI=1S/C21H24N2O3/c1-5-7-17-8-6-9-18(20(17)25)12-22-23-19(24)13-26-21-15(3)10-14(2)11-16(21)4/h5-6,8-12,25H,1,7,13H2,2-4H3,(H,23,24). The molecule has 5 nitrogen and oxygen atoms in total. The van der Waals surface area contributed by atoms with Gasteiger partial charge in [-0.2, -0.15) is 5.10 Å². The third-order valence-corrected chi connectivity index (χ3v) is 3.86. The molecule has 2 aromatic carbocycles. The number of ether oxygens (including phenoxy) is 1. The molecule has 2 aromatic rings. The summed E-state index contributed by atoms with van der Waals surface area (Å²) >= 11 is 0. The summed E-state index contributed by atoms with van der Waals surface area (Å²) in [4.78, 5) is 11.9. The quantitative estimate of drug-likeness (QED) is 0.455. The minimum atomic E-state index is -0.373. The van der Waals surface area contributed by atoms with Crippen LogP contribution in [0.2, 0.25) is 0 Å². The van der Waals surface area contributed by atoms with Gasteiger partial charge < -0.3 is 9.84 Å². The van der Waals surface area contributed by atoms with Gasteiger partial charge in [-0.05, 0) is 49.9 Å². The van der Waals surface area contributed by atoms with Gasteiger partial charge in [0.2, 0.25) is 0 Å². The average molecular weight is 352 g/mol. The third kappa shape index (κ3) is 4.96. The molecule has 0 aliphatic rings. The Hall–Kier alpha value is -3.08. The Bertz CT molecular complexity index is 818. The van der Waals surface area contributed by atoms with Crippen LogP contribution in [0, 0.1) is 20.8 Å². The summed E-state index contributed by atoms with van der Waals surface area (Å²) in [5, 5.41) is 14.0. The maximum absolute atomic E-state index is 11.9. The second-order valence-corrected chi connectivity index (χ2v) is 6.16.